The number of hydrogen-bond acceptors (Lipinski definition) is 7. The molecule has 4 rings (SSSR count). The maximum Gasteiger partial charge on any atom is 0.356 e. The van der Waals surface area contributed by atoms with Crippen LogP contribution >= 0.6 is 0 Å². The van der Waals surface area contributed by atoms with E-state index in [-0.39, 0.29) is 17.3 Å². The molecule has 2 heterocycles. The molecule has 0 radical (unpaired) electrons. The summed E-state index contributed by atoms with van der Waals surface area (Å²) in [6.07, 6.45) is 1.19. The number of rotatable bonds is 4. The van der Waals surface area contributed by atoms with Crippen LogP contribution in [0, 0.1) is 15.9 Å². The van der Waals surface area contributed by atoms with Gasteiger partial charge in [-0.15, -0.1) is 5.10 Å². The van der Waals surface area contributed by atoms with Gasteiger partial charge >= 0.3 is 5.69 Å². The van der Waals surface area contributed by atoms with Crippen LogP contribution in [0.4, 0.5) is 21.6 Å². The maximum absolute atomic E-state index is 13.1. The van der Waals surface area contributed by atoms with Crippen molar-refractivity contribution >= 4 is 28.2 Å². The third-order valence-electron chi connectivity index (χ3n) is 3.64. The number of nitro groups is 1. The SMILES string of the molecule is O=[N+]([O-])c1c(Nc2ccc(F)cc2)ncnc1-n1nnc2ccccc21. The summed E-state index contributed by atoms with van der Waals surface area (Å²) in [5.41, 5.74) is 1.23. The van der Waals surface area contributed by atoms with Crippen LogP contribution in [0.1, 0.15) is 0 Å². The standard InChI is InChI=1S/C16H10FN7O2/c17-10-5-7-11(8-6-10)20-15-14(24(25)26)16(19-9-18-15)23-13-4-2-1-3-12(13)21-22-23/h1-9H,(H,18,19,20). The first kappa shape index (κ1) is 15.6. The van der Waals surface area contributed by atoms with Gasteiger partial charge < -0.3 is 5.32 Å². The summed E-state index contributed by atoms with van der Waals surface area (Å²) < 4.78 is 14.3. The number of halogens is 1. The van der Waals surface area contributed by atoms with Crippen LogP contribution in [-0.2, 0) is 0 Å². The minimum Gasteiger partial charge on any atom is -0.334 e. The highest BCUT2D eigenvalue weighted by molar-refractivity contribution is 5.78. The van der Waals surface area contributed by atoms with Crippen LogP contribution in [-0.4, -0.2) is 29.9 Å². The molecule has 0 spiro atoms. The van der Waals surface area contributed by atoms with Crippen molar-refractivity contribution in [2.75, 3.05) is 5.32 Å². The van der Waals surface area contributed by atoms with E-state index in [1.807, 2.05) is 0 Å². The van der Waals surface area contributed by atoms with Gasteiger partial charge in [-0.05, 0) is 36.4 Å². The highest BCUT2D eigenvalue weighted by Gasteiger charge is 2.26. The van der Waals surface area contributed by atoms with Crippen molar-refractivity contribution in [2.45, 2.75) is 0 Å². The fourth-order valence-corrected chi connectivity index (χ4v) is 2.48. The summed E-state index contributed by atoms with van der Waals surface area (Å²) in [4.78, 5) is 19.0. The van der Waals surface area contributed by atoms with Crippen LogP contribution < -0.4 is 5.32 Å². The minimum absolute atomic E-state index is 0.0247. The second-order valence-corrected chi connectivity index (χ2v) is 5.27. The summed E-state index contributed by atoms with van der Waals surface area (Å²) in [7, 11) is 0. The van der Waals surface area contributed by atoms with Crippen LogP contribution in [0.2, 0.25) is 0 Å². The Kier molecular flexibility index (Phi) is 3.69. The number of nitrogens with one attached hydrogen (secondary N) is 1. The number of fused-ring (bicyclic) bond motifs is 1. The predicted octanol–water partition coefficient (Wildman–Crippen LogP) is 3.00. The van der Waals surface area contributed by atoms with E-state index in [9.17, 15) is 14.5 Å². The van der Waals surface area contributed by atoms with Gasteiger partial charge in [0.05, 0.1) is 10.4 Å². The normalized spacial score (nSPS) is 10.8. The molecular weight excluding hydrogens is 341 g/mol. The molecule has 26 heavy (non-hydrogen) atoms. The third-order valence-corrected chi connectivity index (χ3v) is 3.64. The molecule has 1 N–H and O–H groups in total. The average molecular weight is 351 g/mol. The molecule has 0 aliphatic heterocycles. The summed E-state index contributed by atoms with van der Waals surface area (Å²) in [5, 5.41) is 22.4. The summed E-state index contributed by atoms with van der Waals surface area (Å²) in [6, 6.07) is 12.4. The molecular formula is C16H10FN7O2. The molecule has 0 saturated carbocycles. The Bertz CT molecular complexity index is 1110. The Hall–Kier alpha value is -3.95. The molecule has 0 saturated heterocycles. The molecule has 128 valence electrons. The van der Waals surface area contributed by atoms with Gasteiger partial charge in [-0.2, -0.15) is 4.68 Å². The van der Waals surface area contributed by atoms with Gasteiger partial charge in [0.2, 0.25) is 11.6 Å². The van der Waals surface area contributed by atoms with Gasteiger partial charge in [-0.1, -0.05) is 17.3 Å². The van der Waals surface area contributed by atoms with Crippen molar-refractivity contribution in [1.29, 1.82) is 0 Å². The molecule has 10 heteroatoms. The van der Waals surface area contributed by atoms with Crippen molar-refractivity contribution in [3.8, 4) is 5.82 Å². The molecule has 0 atom stereocenters. The van der Waals surface area contributed by atoms with E-state index in [0.717, 1.165) is 0 Å². The number of benzene rings is 2. The Balaban J connectivity index is 1.86. The van der Waals surface area contributed by atoms with Gasteiger partial charge in [-0.25, -0.2) is 14.4 Å². The zero-order chi connectivity index (χ0) is 18.1. The van der Waals surface area contributed by atoms with Crippen molar-refractivity contribution in [3.05, 3.63) is 70.8 Å². The predicted molar refractivity (Wildman–Crippen MR) is 90.8 cm³/mol. The molecule has 0 unspecified atom stereocenters. The van der Waals surface area contributed by atoms with E-state index >= 15 is 0 Å². The molecule has 0 amide bonds. The van der Waals surface area contributed by atoms with E-state index in [4.69, 9.17) is 0 Å². The van der Waals surface area contributed by atoms with E-state index in [0.29, 0.717) is 16.7 Å². The monoisotopic (exact) mass is 351 g/mol. The maximum atomic E-state index is 13.1. The van der Waals surface area contributed by atoms with Gasteiger partial charge in [0.15, 0.2) is 0 Å². The lowest BCUT2D eigenvalue weighted by Crippen LogP contribution is -2.08. The van der Waals surface area contributed by atoms with Crippen molar-refractivity contribution in [1.82, 2.24) is 25.0 Å². The topological polar surface area (TPSA) is 112 Å². The van der Waals surface area contributed by atoms with Crippen LogP contribution in [0.15, 0.2) is 54.9 Å². The van der Waals surface area contributed by atoms with Crippen LogP contribution in [0.5, 0.6) is 0 Å². The first-order valence-electron chi connectivity index (χ1n) is 7.46. The smallest absolute Gasteiger partial charge is 0.334 e. The van der Waals surface area contributed by atoms with E-state index in [1.54, 1.807) is 24.3 Å². The van der Waals surface area contributed by atoms with E-state index in [1.165, 1.54) is 35.3 Å². The number of nitrogens with zero attached hydrogens (tertiary/aromatic N) is 6. The molecule has 0 bridgehead atoms. The molecule has 0 aliphatic carbocycles. The minimum atomic E-state index is -0.600. The second kappa shape index (κ2) is 6.16. The zero-order valence-corrected chi connectivity index (χ0v) is 13.1. The summed E-state index contributed by atoms with van der Waals surface area (Å²) >= 11 is 0. The Morgan fingerprint density at radius 1 is 1.08 bits per heavy atom. The number of hydrogen-bond donors (Lipinski definition) is 1. The second-order valence-electron chi connectivity index (χ2n) is 5.27. The van der Waals surface area contributed by atoms with Crippen LogP contribution in [0.25, 0.3) is 16.9 Å². The first-order valence-corrected chi connectivity index (χ1v) is 7.46. The number of aromatic nitrogens is 5. The van der Waals surface area contributed by atoms with Crippen molar-refractivity contribution in [3.63, 3.8) is 0 Å². The fraction of sp³-hybridized carbons (Fsp3) is 0. The first-order chi connectivity index (χ1) is 12.6. The molecule has 2 aromatic heterocycles. The van der Waals surface area contributed by atoms with Gasteiger partial charge in [0, 0.05) is 5.69 Å². The lowest BCUT2D eigenvalue weighted by atomic mass is 10.3. The Morgan fingerprint density at radius 2 is 1.85 bits per heavy atom. The lowest BCUT2D eigenvalue weighted by Gasteiger charge is -2.08. The third kappa shape index (κ3) is 2.69. The van der Waals surface area contributed by atoms with E-state index < -0.39 is 10.7 Å². The zero-order valence-electron chi connectivity index (χ0n) is 13.1. The average Bonchev–Trinajstić information content (AvgIpc) is 3.07. The van der Waals surface area contributed by atoms with Gasteiger partial charge in [-0.3, -0.25) is 10.1 Å². The van der Waals surface area contributed by atoms with Crippen LogP contribution in [0.3, 0.4) is 0 Å². The number of para-hydroxylation sites is 1. The molecule has 0 aliphatic rings. The molecule has 0 fully saturated rings. The number of anilines is 2. The Labute approximate surface area is 145 Å². The largest absolute Gasteiger partial charge is 0.356 e. The van der Waals surface area contributed by atoms with Gasteiger partial charge in [0.25, 0.3) is 0 Å². The quantitative estimate of drug-likeness (QED) is 0.444. The van der Waals surface area contributed by atoms with Crippen molar-refractivity contribution in [2.24, 2.45) is 0 Å². The van der Waals surface area contributed by atoms with Crippen molar-refractivity contribution < 1.29 is 9.31 Å². The summed E-state index contributed by atoms with van der Waals surface area (Å²) in [5.74, 6) is -0.475. The fourth-order valence-electron chi connectivity index (χ4n) is 2.48. The Morgan fingerprint density at radius 3 is 2.62 bits per heavy atom. The molecule has 4 aromatic rings. The molecule has 2 aromatic carbocycles. The highest BCUT2D eigenvalue weighted by Crippen LogP contribution is 2.31. The lowest BCUT2D eigenvalue weighted by molar-refractivity contribution is -0.384. The highest BCUT2D eigenvalue weighted by atomic mass is 19.1. The van der Waals surface area contributed by atoms with E-state index in [2.05, 4.69) is 25.6 Å². The summed E-state index contributed by atoms with van der Waals surface area (Å²) in [6.45, 7) is 0. The van der Waals surface area contributed by atoms with Gasteiger partial charge in [0.1, 0.15) is 17.7 Å². The molecule has 9 nitrogen and oxygen atoms in total.